The van der Waals surface area contributed by atoms with Crippen molar-refractivity contribution in [2.24, 2.45) is 0 Å². The molecule has 0 saturated carbocycles. The van der Waals surface area contributed by atoms with Crippen LogP contribution in [0.3, 0.4) is 0 Å². The molecule has 1 amide bonds. The summed E-state index contributed by atoms with van der Waals surface area (Å²) in [4.78, 5) is 22.3. The van der Waals surface area contributed by atoms with Crippen LogP contribution in [0.4, 0.5) is 5.82 Å². The number of hydrogen-bond donors (Lipinski definition) is 1. The highest BCUT2D eigenvalue weighted by Gasteiger charge is 2.22. The Morgan fingerprint density at radius 1 is 0.909 bits per heavy atom. The van der Waals surface area contributed by atoms with E-state index in [-0.39, 0.29) is 5.91 Å². The molecule has 0 aliphatic heterocycles. The maximum atomic E-state index is 12.8. The highest BCUT2D eigenvalue weighted by molar-refractivity contribution is 6.05. The summed E-state index contributed by atoms with van der Waals surface area (Å²) in [5.41, 5.74) is 4.66. The lowest BCUT2D eigenvalue weighted by molar-refractivity contribution is -0.111. The zero-order valence-electron chi connectivity index (χ0n) is 17.6. The summed E-state index contributed by atoms with van der Waals surface area (Å²) >= 11 is 0. The van der Waals surface area contributed by atoms with Crippen molar-refractivity contribution in [1.29, 1.82) is 5.26 Å². The molecule has 0 fully saturated rings. The van der Waals surface area contributed by atoms with Gasteiger partial charge in [0.05, 0.1) is 17.6 Å². The fraction of sp³-hybridized carbons (Fsp3) is 0.0370. The second-order valence-electron chi connectivity index (χ2n) is 7.52. The minimum atomic E-state index is -0.336. The highest BCUT2D eigenvalue weighted by Crippen LogP contribution is 2.30. The van der Waals surface area contributed by atoms with E-state index in [4.69, 9.17) is 9.97 Å². The monoisotopic (exact) mass is 429 g/mol. The lowest BCUT2D eigenvalue weighted by Crippen LogP contribution is -2.14. The van der Waals surface area contributed by atoms with Gasteiger partial charge in [0.1, 0.15) is 23.0 Å². The first kappa shape index (κ1) is 20.2. The molecule has 3 aromatic carbocycles. The molecule has 0 aliphatic carbocycles. The van der Waals surface area contributed by atoms with E-state index in [1.807, 2.05) is 89.5 Å². The van der Waals surface area contributed by atoms with E-state index in [0.29, 0.717) is 34.6 Å². The molecule has 0 unspecified atom stereocenters. The van der Waals surface area contributed by atoms with Crippen LogP contribution in [-0.4, -0.2) is 20.4 Å². The molecule has 0 saturated heterocycles. The summed E-state index contributed by atoms with van der Waals surface area (Å²) in [7, 11) is 0. The van der Waals surface area contributed by atoms with E-state index in [2.05, 4.69) is 11.4 Å². The van der Waals surface area contributed by atoms with Gasteiger partial charge < -0.3 is 9.88 Å². The number of benzene rings is 3. The molecular formula is C27H19N5O. The van der Waals surface area contributed by atoms with Gasteiger partial charge in [0, 0.05) is 6.08 Å². The Morgan fingerprint density at radius 2 is 1.55 bits per heavy atom. The van der Waals surface area contributed by atoms with Crippen LogP contribution < -0.4 is 5.32 Å². The Kier molecular flexibility index (Phi) is 5.36. The van der Waals surface area contributed by atoms with Crippen molar-refractivity contribution in [3.05, 3.63) is 108 Å². The van der Waals surface area contributed by atoms with Gasteiger partial charge in [-0.3, -0.25) is 4.79 Å². The molecule has 0 atom stereocenters. The maximum Gasteiger partial charge on any atom is 0.249 e. The normalized spacial score (nSPS) is 11.1. The lowest BCUT2D eigenvalue weighted by Gasteiger charge is -2.11. The first-order chi connectivity index (χ1) is 16.2. The first-order valence-electron chi connectivity index (χ1n) is 10.5. The van der Waals surface area contributed by atoms with Crippen molar-refractivity contribution >= 4 is 40.0 Å². The number of anilines is 1. The molecule has 6 nitrogen and oxygen atoms in total. The van der Waals surface area contributed by atoms with E-state index in [0.717, 1.165) is 16.6 Å². The van der Waals surface area contributed by atoms with Crippen LogP contribution in [0.5, 0.6) is 0 Å². The zero-order chi connectivity index (χ0) is 22.6. The summed E-state index contributed by atoms with van der Waals surface area (Å²) in [6.45, 7) is 0.435. The predicted octanol–water partition coefficient (Wildman–Crippen LogP) is 5.16. The second-order valence-corrected chi connectivity index (χ2v) is 7.52. The molecule has 0 spiro atoms. The number of fused-ring (bicyclic) bond motifs is 2. The van der Waals surface area contributed by atoms with Crippen LogP contribution in [0.1, 0.15) is 16.7 Å². The summed E-state index contributed by atoms with van der Waals surface area (Å²) in [6, 6.07) is 29.1. The summed E-state index contributed by atoms with van der Waals surface area (Å²) in [5.74, 6) is 0.0476. The van der Waals surface area contributed by atoms with Gasteiger partial charge in [0.15, 0.2) is 5.65 Å². The molecule has 6 heteroatoms. The number of para-hydroxylation sites is 2. The summed E-state index contributed by atoms with van der Waals surface area (Å²) < 4.78 is 1.84. The number of carbonyl (C=O) groups excluding carboxylic acids is 1. The zero-order valence-corrected chi connectivity index (χ0v) is 17.6. The topological polar surface area (TPSA) is 83.6 Å². The average molecular weight is 429 g/mol. The second kappa shape index (κ2) is 8.77. The van der Waals surface area contributed by atoms with Gasteiger partial charge >= 0.3 is 0 Å². The van der Waals surface area contributed by atoms with Crippen LogP contribution in [0, 0.1) is 11.3 Å². The standard InChI is InChI=1S/C27H19N5O/c28-17-21-25-27(30-23-14-8-7-13-22(23)29-25)32(18-20-11-5-2-6-12-20)26(21)31-24(33)16-15-19-9-3-1-4-10-19/h1-16H,18H2,(H,31,33)/b16-15+. The SMILES string of the molecule is N#Cc1c(NC(=O)/C=C/c2ccccc2)n(Cc2ccccc2)c2nc3ccccc3nc12. The third-order valence-corrected chi connectivity index (χ3v) is 5.31. The van der Waals surface area contributed by atoms with Crippen LogP contribution in [-0.2, 0) is 11.3 Å². The predicted molar refractivity (Wildman–Crippen MR) is 129 cm³/mol. The smallest absolute Gasteiger partial charge is 0.249 e. The third-order valence-electron chi connectivity index (χ3n) is 5.31. The van der Waals surface area contributed by atoms with E-state index in [9.17, 15) is 10.1 Å². The van der Waals surface area contributed by atoms with Gasteiger partial charge in [-0.2, -0.15) is 5.26 Å². The molecule has 5 rings (SSSR count). The van der Waals surface area contributed by atoms with Crippen molar-refractivity contribution in [3.63, 3.8) is 0 Å². The summed E-state index contributed by atoms with van der Waals surface area (Å²) in [5, 5.41) is 12.9. The minimum Gasteiger partial charge on any atom is -0.307 e. The maximum absolute atomic E-state index is 12.8. The van der Waals surface area contributed by atoms with E-state index in [1.54, 1.807) is 6.08 Å². The minimum absolute atomic E-state index is 0.292. The fourth-order valence-electron chi connectivity index (χ4n) is 3.75. The van der Waals surface area contributed by atoms with Crippen LogP contribution >= 0.6 is 0 Å². The van der Waals surface area contributed by atoms with Crippen molar-refractivity contribution in [3.8, 4) is 6.07 Å². The van der Waals surface area contributed by atoms with Gasteiger partial charge in [-0.05, 0) is 29.3 Å². The average Bonchev–Trinajstić information content (AvgIpc) is 3.13. The van der Waals surface area contributed by atoms with Crippen molar-refractivity contribution in [2.75, 3.05) is 5.32 Å². The van der Waals surface area contributed by atoms with E-state index >= 15 is 0 Å². The van der Waals surface area contributed by atoms with Crippen LogP contribution in [0.25, 0.3) is 28.3 Å². The number of carbonyl (C=O) groups is 1. The molecule has 2 aromatic heterocycles. The Morgan fingerprint density at radius 3 is 2.24 bits per heavy atom. The number of aromatic nitrogens is 3. The Labute approximate surface area is 190 Å². The molecule has 5 aromatic rings. The highest BCUT2D eigenvalue weighted by atomic mass is 16.1. The largest absolute Gasteiger partial charge is 0.307 e. The van der Waals surface area contributed by atoms with Gasteiger partial charge in [0.25, 0.3) is 0 Å². The molecule has 0 bridgehead atoms. The molecule has 1 N–H and O–H groups in total. The number of amides is 1. The molecule has 0 radical (unpaired) electrons. The Balaban J connectivity index is 1.63. The molecule has 158 valence electrons. The number of nitriles is 1. The Bertz CT molecular complexity index is 1530. The number of hydrogen-bond acceptors (Lipinski definition) is 4. The molecule has 33 heavy (non-hydrogen) atoms. The van der Waals surface area contributed by atoms with Gasteiger partial charge in [-0.25, -0.2) is 9.97 Å². The van der Waals surface area contributed by atoms with Gasteiger partial charge in [0.2, 0.25) is 5.91 Å². The van der Waals surface area contributed by atoms with Crippen LogP contribution in [0.2, 0.25) is 0 Å². The van der Waals surface area contributed by atoms with Gasteiger partial charge in [-0.1, -0.05) is 72.8 Å². The summed E-state index contributed by atoms with van der Waals surface area (Å²) in [6.07, 6.45) is 3.19. The fourth-order valence-corrected chi connectivity index (χ4v) is 3.75. The van der Waals surface area contributed by atoms with Crippen molar-refractivity contribution in [1.82, 2.24) is 14.5 Å². The lowest BCUT2D eigenvalue weighted by atomic mass is 10.2. The number of rotatable bonds is 5. The Hall–Kier alpha value is -4.76. The van der Waals surface area contributed by atoms with Crippen molar-refractivity contribution in [2.45, 2.75) is 6.54 Å². The first-order valence-corrected chi connectivity index (χ1v) is 10.5. The van der Waals surface area contributed by atoms with E-state index < -0.39 is 0 Å². The molecule has 2 heterocycles. The third kappa shape index (κ3) is 4.08. The van der Waals surface area contributed by atoms with Crippen molar-refractivity contribution < 1.29 is 4.79 Å². The number of nitrogens with zero attached hydrogens (tertiary/aromatic N) is 4. The van der Waals surface area contributed by atoms with Gasteiger partial charge in [-0.15, -0.1) is 0 Å². The van der Waals surface area contributed by atoms with E-state index in [1.165, 1.54) is 6.08 Å². The molecular weight excluding hydrogens is 410 g/mol. The molecule has 0 aliphatic rings. The number of nitrogens with one attached hydrogen (secondary N) is 1. The van der Waals surface area contributed by atoms with Crippen LogP contribution in [0.15, 0.2) is 91.0 Å². The quantitative estimate of drug-likeness (QED) is 0.391.